The van der Waals surface area contributed by atoms with E-state index in [1.54, 1.807) is 0 Å². The fourth-order valence-corrected chi connectivity index (χ4v) is 4.46. The van der Waals surface area contributed by atoms with Crippen molar-refractivity contribution in [1.29, 1.82) is 0 Å². The van der Waals surface area contributed by atoms with Gasteiger partial charge in [-0.3, -0.25) is 19.2 Å². The van der Waals surface area contributed by atoms with Crippen molar-refractivity contribution in [2.45, 2.75) is 102 Å². The summed E-state index contributed by atoms with van der Waals surface area (Å²) < 4.78 is 47.8. The molecule has 17 heteroatoms. The van der Waals surface area contributed by atoms with E-state index in [0.29, 0.717) is 25.7 Å². The van der Waals surface area contributed by atoms with Gasteiger partial charge in [0.05, 0.1) is 33.0 Å². The van der Waals surface area contributed by atoms with Crippen LogP contribution in [-0.2, 0) is 81.0 Å². The van der Waals surface area contributed by atoms with Gasteiger partial charge < -0.3 is 42.6 Å². The van der Waals surface area contributed by atoms with E-state index >= 15 is 0 Å². The van der Waals surface area contributed by atoms with E-state index < -0.39 is 79.0 Å². The first-order valence-corrected chi connectivity index (χ1v) is 17.5. The predicted octanol–water partition coefficient (Wildman–Crippen LogP) is 3.22. The van der Waals surface area contributed by atoms with Crippen LogP contribution in [0.15, 0.2) is 50.6 Å². The molecule has 1 aliphatic rings. The Morgan fingerprint density at radius 3 is 1.11 bits per heavy atom. The van der Waals surface area contributed by atoms with Crippen molar-refractivity contribution in [2.24, 2.45) is 0 Å². The molecule has 0 aromatic heterocycles. The highest BCUT2D eigenvalue weighted by Crippen LogP contribution is 2.27. The van der Waals surface area contributed by atoms with Crippen molar-refractivity contribution in [3.8, 4) is 0 Å². The Kier molecular flexibility index (Phi) is 24.4. The van der Waals surface area contributed by atoms with Gasteiger partial charge in [-0.15, -0.1) is 0 Å². The maximum Gasteiger partial charge on any atom is 0.330 e. The first kappa shape index (κ1) is 46.7. The molecule has 0 saturated carbocycles. The number of esters is 8. The SMILES string of the molecule is C=CC(=O)OCCCCC(=O)OC1COC(OC(=O)CCCCOC(=O)C=C)C(OC(=O)CCCCOC(=O)C=C)C1OC(=O)CCCCOC(=O)C=C. The van der Waals surface area contributed by atoms with E-state index in [0.717, 1.165) is 24.3 Å². The molecule has 0 radical (unpaired) electrons. The number of carbonyl (C=O) groups excluding carboxylic acids is 8. The molecular formula is C37H50O17. The van der Waals surface area contributed by atoms with Gasteiger partial charge in [0.2, 0.25) is 12.4 Å². The molecule has 0 spiro atoms. The van der Waals surface area contributed by atoms with Gasteiger partial charge in [0.15, 0.2) is 12.2 Å². The molecular weight excluding hydrogens is 716 g/mol. The smallest absolute Gasteiger partial charge is 0.330 e. The molecule has 1 fully saturated rings. The van der Waals surface area contributed by atoms with Crippen molar-refractivity contribution >= 4 is 47.8 Å². The predicted molar refractivity (Wildman–Crippen MR) is 185 cm³/mol. The van der Waals surface area contributed by atoms with Crippen LogP contribution in [0.3, 0.4) is 0 Å². The Bertz CT molecular complexity index is 1210. The molecule has 54 heavy (non-hydrogen) atoms. The first-order chi connectivity index (χ1) is 25.9. The van der Waals surface area contributed by atoms with Crippen LogP contribution in [0.2, 0.25) is 0 Å². The molecule has 4 unspecified atom stereocenters. The second-order valence-corrected chi connectivity index (χ2v) is 11.4. The third-order valence-corrected chi connectivity index (χ3v) is 7.19. The summed E-state index contributed by atoms with van der Waals surface area (Å²) in [7, 11) is 0. The molecule has 1 aliphatic heterocycles. The Morgan fingerprint density at radius 2 is 0.759 bits per heavy atom. The van der Waals surface area contributed by atoms with Gasteiger partial charge in [-0.05, 0) is 51.4 Å². The third-order valence-electron chi connectivity index (χ3n) is 7.19. The fraction of sp³-hybridized carbons (Fsp3) is 0.568. The number of carbonyl (C=O) groups is 8. The summed E-state index contributed by atoms with van der Waals surface area (Å²) in [5, 5.41) is 0. The average molecular weight is 767 g/mol. The van der Waals surface area contributed by atoms with Gasteiger partial charge in [0, 0.05) is 50.0 Å². The molecule has 0 aliphatic carbocycles. The lowest BCUT2D eigenvalue weighted by atomic mass is 10.0. The molecule has 0 amide bonds. The highest BCUT2D eigenvalue weighted by atomic mass is 16.7. The van der Waals surface area contributed by atoms with E-state index in [-0.39, 0.29) is 77.8 Å². The Morgan fingerprint density at radius 1 is 0.444 bits per heavy atom. The van der Waals surface area contributed by atoms with Crippen molar-refractivity contribution in [2.75, 3.05) is 33.0 Å². The topological polar surface area (TPSA) is 220 Å². The highest BCUT2D eigenvalue weighted by molar-refractivity contribution is 5.82. The molecule has 1 saturated heterocycles. The summed E-state index contributed by atoms with van der Waals surface area (Å²) in [4.78, 5) is 96.9. The summed E-state index contributed by atoms with van der Waals surface area (Å²) in [6.07, 6.45) is -0.335. The first-order valence-electron chi connectivity index (χ1n) is 17.5. The summed E-state index contributed by atoms with van der Waals surface area (Å²) in [6.45, 7) is 12.9. The molecule has 0 N–H and O–H groups in total. The Balaban J connectivity index is 3.12. The standard InChI is InChI=1S/C37H50O17/c1-5-27(38)46-21-13-9-17-31(42)51-26-25-50-37(54-34(45)20-12-16-24-49-30(41)8-4)36(53-33(44)19-11-15-23-48-29(40)7-3)35(26)52-32(43)18-10-14-22-47-28(39)6-2/h5-8,26,35-37H,1-4,9-25H2. The second-order valence-electron chi connectivity index (χ2n) is 11.4. The second kappa shape index (κ2) is 28.2. The van der Waals surface area contributed by atoms with Crippen LogP contribution in [0.25, 0.3) is 0 Å². The van der Waals surface area contributed by atoms with Gasteiger partial charge in [-0.1, -0.05) is 26.3 Å². The minimum atomic E-state index is -1.59. The average Bonchev–Trinajstić information content (AvgIpc) is 3.15. The molecule has 0 bridgehead atoms. The lowest BCUT2D eigenvalue weighted by Crippen LogP contribution is -2.58. The normalized spacial score (nSPS) is 17.3. The maximum absolute atomic E-state index is 13.1. The zero-order valence-corrected chi connectivity index (χ0v) is 30.4. The van der Waals surface area contributed by atoms with Crippen LogP contribution >= 0.6 is 0 Å². The van der Waals surface area contributed by atoms with Crippen LogP contribution in [0.1, 0.15) is 77.0 Å². The molecule has 17 nitrogen and oxygen atoms in total. The number of hydrogen-bond donors (Lipinski definition) is 0. The van der Waals surface area contributed by atoms with Crippen LogP contribution in [0.4, 0.5) is 0 Å². The highest BCUT2D eigenvalue weighted by Gasteiger charge is 2.49. The molecule has 1 heterocycles. The van der Waals surface area contributed by atoms with Crippen molar-refractivity contribution in [3.63, 3.8) is 0 Å². The maximum atomic E-state index is 13.1. The fourth-order valence-electron chi connectivity index (χ4n) is 4.46. The lowest BCUT2D eigenvalue weighted by molar-refractivity contribution is -0.275. The van der Waals surface area contributed by atoms with Crippen LogP contribution < -0.4 is 0 Å². The summed E-state index contributed by atoms with van der Waals surface area (Å²) in [5.74, 6) is -5.57. The largest absolute Gasteiger partial charge is 0.463 e. The third kappa shape index (κ3) is 21.3. The van der Waals surface area contributed by atoms with E-state index in [2.05, 4.69) is 26.3 Å². The molecule has 4 atom stereocenters. The molecule has 1 rings (SSSR count). The lowest BCUT2D eigenvalue weighted by Gasteiger charge is -2.40. The quantitative estimate of drug-likeness (QED) is 0.0483. The van der Waals surface area contributed by atoms with Gasteiger partial charge in [0.1, 0.15) is 0 Å². The Hall–Kier alpha value is -5.32. The zero-order valence-electron chi connectivity index (χ0n) is 30.4. The van der Waals surface area contributed by atoms with E-state index in [1.807, 2.05) is 0 Å². The number of hydrogen-bond acceptors (Lipinski definition) is 17. The van der Waals surface area contributed by atoms with E-state index in [4.69, 9.17) is 42.6 Å². The van der Waals surface area contributed by atoms with E-state index in [1.165, 1.54) is 0 Å². The summed E-state index contributed by atoms with van der Waals surface area (Å²) in [6, 6.07) is 0. The van der Waals surface area contributed by atoms with Gasteiger partial charge in [-0.25, -0.2) is 19.2 Å². The van der Waals surface area contributed by atoms with Gasteiger partial charge in [-0.2, -0.15) is 0 Å². The van der Waals surface area contributed by atoms with Crippen LogP contribution in [0.5, 0.6) is 0 Å². The van der Waals surface area contributed by atoms with Gasteiger partial charge in [0.25, 0.3) is 0 Å². The summed E-state index contributed by atoms with van der Waals surface area (Å²) in [5.41, 5.74) is 0. The monoisotopic (exact) mass is 766 g/mol. The molecule has 0 aromatic carbocycles. The molecule has 300 valence electrons. The van der Waals surface area contributed by atoms with E-state index in [9.17, 15) is 38.4 Å². The van der Waals surface area contributed by atoms with Gasteiger partial charge >= 0.3 is 47.8 Å². The minimum Gasteiger partial charge on any atom is -0.463 e. The zero-order chi connectivity index (χ0) is 40.1. The summed E-state index contributed by atoms with van der Waals surface area (Å²) >= 11 is 0. The number of ether oxygens (including phenoxy) is 9. The van der Waals surface area contributed by atoms with Crippen molar-refractivity contribution in [3.05, 3.63) is 50.6 Å². The number of rotatable bonds is 28. The Labute approximate surface area is 313 Å². The van der Waals surface area contributed by atoms with Crippen LogP contribution in [0, 0.1) is 0 Å². The number of unbranched alkanes of at least 4 members (excludes halogenated alkanes) is 4. The van der Waals surface area contributed by atoms with Crippen LogP contribution in [-0.4, -0.2) is 105 Å². The van der Waals surface area contributed by atoms with Crippen molar-refractivity contribution in [1.82, 2.24) is 0 Å². The molecule has 0 aromatic rings. The van der Waals surface area contributed by atoms with Crippen molar-refractivity contribution < 1.29 is 81.0 Å². The minimum absolute atomic E-state index is 0.0133.